The molecule has 0 bridgehead atoms. The van der Waals surface area contributed by atoms with Gasteiger partial charge in [0.05, 0.1) is 28.6 Å². The lowest BCUT2D eigenvalue weighted by molar-refractivity contribution is 0.102. The topological polar surface area (TPSA) is 44.1 Å². The molecule has 0 amide bonds. The maximum absolute atomic E-state index is 12.7. The van der Waals surface area contributed by atoms with Crippen LogP contribution < -0.4 is 0 Å². The molecule has 2 heterocycles. The van der Waals surface area contributed by atoms with Crippen LogP contribution in [-0.4, -0.2) is 34.8 Å². The van der Waals surface area contributed by atoms with Crippen LogP contribution in [0.3, 0.4) is 0 Å². The Kier molecular flexibility index (Phi) is 5.61. The molecule has 1 atom stereocenters. The molecule has 6 heteroatoms. The molecule has 132 valence electrons. The number of nitrogens with zero attached hydrogens (tertiary/aromatic N) is 2. The summed E-state index contributed by atoms with van der Waals surface area (Å²) in [7, 11) is 1.70. The van der Waals surface area contributed by atoms with E-state index in [0.29, 0.717) is 12.4 Å². The maximum atomic E-state index is 12.7. The van der Waals surface area contributed by atoms with Crippen LogP contribution in [0.4, 0.5) is 0 Å². The summed E-state index contributed by atoms with van der Waals surface area (Å²) in [6.07, 6.45) is 0. The zero-order valence-electron chi connectivity index (χ0n) is 14.9. The van der Waals surface area contributed by atoms with Crippen molar-refractivity contribution in [2.45, 2.75) is 31.2 Å². The molecule has 0 unspecified atom stereocenters. The molecule has 0 fully saturated rings. The van der Waals surface area contributed by atoms with Crippen LogP contribution in [0.5, 0.6) is 0 Å². The first-order chi connectivity index (χ1) is 12.0. The van der Waals surface area contributed by atoms with Crippen LogP contribution in [0.2, 0.25) is 0 Å². The van der Waals surface area contributed by atoms with Crippen molar-refractivity contribution >= 4 is 39.1 Å². The second kappa shape index (κ2) is 7.72. The third-order valence-corrected chi connectivity index (χ3v) is 6.41. The van der Waals surface area contributed by atoms with E-state index in [9.17, 15) is 4.79 Å². The van der Waals surface area contributed by atoms with Crippen LogP contribution in [0.25, 0.3) is 10.2 Å². The van der Waals surface area contributed by atoms with Crippen molar-refractivity contribution < 1.29 is 9.53 Å². The quantitative estimate of drug-likeness (QED) is 0.436. The minimum Gasteiger partial charge on any atom is -0.383 e. The highest BCUT2D eigenvalue weighted by molar-refractivity contribution is 8.01. The van der Waals surface area contributed by atoms with Crippen molar-refractivity contribution in [2.75, 3.05) is 19.5 Å². The Bertz CT molecular complexity index is 865. The molecule has 25 heavy (non-hydrogen) atoms. The van der Waals surface area contributed by atoms with Gasteiger partial charge < -0.3 is 9.30 Å². The summed E-state index contributed by atoms with van der Waals surface area (Å²) < 4.78 is 9.53. The van der Waals surface area contributed by atoms with Gasteiger partial charge in [-0.25, -0.2) is 4.98 Å². The Labute approximate surface area is 156 Å². The van der Waals surface area contributed by atoms with Gasteiger partial charge >= 0.3 is 0 Å². The standard InChI is InChI=1S/C19H22N2O2S2/c1-12-9-15(14(3)21(12)13(2)10-23-4)17(22)11-24-19-20-16-7-5-6-8-18(16)25-19/h5-9,13H,10-11H2,1-4H3/t13-/m0/s1. The molecule has 0 radical (unpaired) electrons. The summed E-state index contributed by atoms with van der Waals surface area (Å²) >= 11 is 3.15. The van der Waals surface area contributed by atoms with Gasteiger partial charge in [-0.15, -0.1) is 11.3 Å². The fraction of sp³-hybridized carbons (Fsp3) is 0.368. The molecular weight excluding hydrogens is 352 g/mol. The van der Waals surface area contributed by atoms with Crippen molar-refractivity contribution in [3.63, 3.8) is 0 Å². The number of benzene rings is 1. The Morgan fingerprint density at radius 2 is 2.12 bits per heavy atom. The lowest BCUT2D eigenvalue weighted by atomic mass is 10.2. The third-order valence-electron chi connectivity index (χ3n) is 4.23. The van der Waals surface area contributed by atoms with Gasteiger partial charge in [0.1, 0.15) is 0 Å². The van der Waals surface area contributed by atoms with Crippen molar-refractivity contribution in [2.24, 2.45) is 0 Å². The highest BCUT2D eigenvalue weighted by atomic mass is 32.2. The van der Waals surface area contributed by atoms with Gasteiger partial charge in [-0.05, 0) is 39.0 Å². The van der Waals surface area contributed by atoms with Crippen LogP contribution in [0.15, 0.2) is 34.7 Å². The Hall–Kier alpha value is -1.63. The normalized spacial score (nSPS) is 12.6. The lowest BCUT2D eigenvalue weighted by Gasteiger charge is -2.17. The molecule has 2 aromatic heterocycles. The van der Waals surface area contributed by atoms with Gasteiger partial charge in [0.15, 0.2) is 10.1 Å². The SMILES string of the molecule is COC[C@H](C)n1c(C)cc(C(=O)CSc2nc3ccccc3s2)c1C. The first-order valence-corrected chi connectivity index (χ1v) is 10.0. The molecule has 0 aliphatic carbocycles. The molecule has 3 rings (SSSR count). The zero-order chi connectivity index (χ0) is 18.0. The van der Waals surface area contributed by atoms with Crippen LogP contribution in [-0.2, 0) is 4.74 Å². The largest absolute Gasteiger partial charge is 0.383 e. The zero-order valence-corrected chi connectivity index (χ0v) is 16.5. The van der Waals surface area contributed by atoms with Crippen LogP contribution in [0, 0.1) is 13.8 Å². The smallest absolute Gasteiger partial charge is 0.174 e. The van der Waals surface area contributed by atoms with E-state index >= 15 is 0 Å². The first kappa shape index (κ1) is 18.2. The number of Topliss-reactive ketones (excluding diaryl/α,β-unsaturated/α-hetero) is 1. The second-order valence-corrected chi connectivity index (χ2v) is 8.37. The molecule has 3 aromatic rings. The van der Waals surface area contributed by atoms with E-state index in [1.807, 2.05) is 38.1 Å². The van der Waals surface area contributed by atoms with E-state index in [1.54, 1.807) is 18.4 Å². The maximum Gasteiger partial charge on any atom is 0.174 e. The fourth-order valence-electron chi connectivity index (χ4n) is 3.17. The average Bonchev–Trinajstić information content (AvgIpc) is 3.13. The number of aromatic nitrogens is 2. The molecule has 0 spiro atoms. The summed E-state index contributed by atoms with van der Waals surface area (Å²) in [4.78, 5) is 17.3. The van der Waals surface area contributed by atoms with E-state index in [4.69, 9.17) is 4.74 Å². The number of hydrogen-bond donors (Lipinski definition) is 0. The molecular formula is C19H22N2O2S2. The lowest BCUT2D eigenvalue weighted by Crippen LogP contribution is -2.14. The fourth-order valence-corrected chi connectivity index (χ4v) is 5.12. The Morgan fingerprint density at radius 1 is 1.36 bits per heavy atom. The van der Waals surface area contributed by atoms with E-state index < -0.39 is 0 Å². The van der Waals surface area contributed by atoms with E-state index in [1.165, 1.54) is 11.8 Å². The molecule has 4 nitrogen and oxygen atoms in total. The van der Waals surface area contributed by atoms with Crippen molar-refractivity contribution in [3.05, 3.63) is 47.3 Å². The Morgan fingerprint density at radius 3 is 2.84 bits per heavy atom. The number of hydrogen-bond acceptors (Lipinski definition) is 5. The number of thiazole rings is 1. The molecule has 0 N–H and O–H groups in total. The number of ether oxygens (including phenoxy) is 1. The van der Waals surface area contributed by atoms with Crippen molar-refractivity contribution in [1.29, 1.82) is 0 Å². The molecule has 0 aliphatic rings. The number of rotatable bonds is 7. The Balaban J connectivity index is 1.74. The minimum atomic E-state index is 0.147. The van der Waals surface area contributed by atoms with Gasteiger partial charge in [0, 0.05) is 24.1 Å². The predicted molar refractivity (Wildman–Crippen MR) is 105 cm³/mol. The van der Waals surface area contributed by atoms with Crippen LogP contribution in [0.1, 0.15) is 34.7 Å². The second-order valence-electron chi connectivity index (χ2n) is 6.12. The predicted octanol–water partition coefficient (Wildman–Crippen LogP) is 4.90. The number of aryl methyl sites for hydroxylation is 1. The average molecular weight is 375 g/mol. The first-order valence-electron chi connectivity index (χ1n) is 8.20. The van der Waals surface area contributed by atoms with E-state index in [0.717, 1.165) is 31.5 Å². The highest BCUT2D eigenvalue weighted by Gasteiger charge is 2.19. The molecule has 0 aliphatic heterocycles. The minimum absolute atomic E-state index is 0.147. The highest BCUT2D eigenvalue weighted by Crippen LogP contribution is 2.30. The van der Waals surface area contributed by atoms with Gasteiger partial charge in [-0.1, -0.05) is 23.9 Å². The number of carbonyl (C=O) groups excluding carboxylic acids is 1. The van der Waals surface area contributed by atoms with Gasteiger partial charge in [0.2, 0.25) is 0 Å². The van der Waals surface area contributed by atoms with Gasteiger partial charge in [-0.2, -0.15) is 0 Å². The number of methoxy groups -OCH3 is 1. The van der Waals surface area contributed by atoms with Crippen molar-refractivity contribution in [1.82, 2.24) is 9.55 Å². The summed E-state index contributed by atoms with van der Waals surface area (Å²) in [6.45, 7) is 6.78. The summed E-state index contributed by atoms with van der Waals surface area (Å²) in [6, 6.07) is 10.3. The molecule has 0 saturated heterocycles. The summed E-state index contributed by atoms with van der Waals surface area (Å²) in [5.41, 5.74) is 3.90. The summed E-state index contributed by atoms with van der Waals surface area (Å²) in [5.74, 6) is 0.552. The molecule has 0 saturated carbocycles. The number of thioether (sulfide) groups is 1. The third kappa shape index (κ3) is 3.81. The summed E-state index contributed by atoms with van der Waals surface area (Å²) in [5, 5.41) is 0. The molecule has 1 aromatic carbocycles. The van der Waals surface area contributed by atoms with Crippen LogP contribution >= 0.6 is 23.1 Å². The number of ketones is 1. The van der Waals surface area contributed by atoms with Gasteiger partial charge in [-0.3, -0.25) is 4.79 Å². The number of para-hydroxylation sites is 1. The number of fused-ring (bicyclic) bond motifs is 1. The van der Waals surface area contributed by atoms with Crippen molar-refractivity contribution in [3.8, 4) is 0 Å². The van der Waals surface area contributed by atoms with E-state index in [-0.39, 0.29) is 11.8 Å². The van der Waals surface area contributed by atoms with Gasteiger partial charge in [0.25, 0.3) is 0 Å². The number of carbonyl (C=O) groups is 1. The monoisotopic (exact) mass is 374 g/mol. The van der Waals surface area contributed by atoms with E-state index in [2.05, 4.69) is 22.5 Å².